The van der Waals surface area contributed by atoms with E-state index in [0.717, 1.165) is 11.8 Å². The minimum Gasteiger partial charge on any atom is -0.455 e. The van der Waals surface area contributed by atoms with E-state index in [1.54, 1.807) is 18.2 Å². The van der Waals surface area contributed by atoms with Gasteiger partial charge in [0.05, 0.1) is 17.5 Å². The summed E-state index contributed by atoms with van der Waals surface area (Å²) in [7, 11) is -3.51. The highest BCUT2D eigenvalue weighted by Gasteiger charge is 2.16. The number of anilines is 1. The quantitative estimate of drug-likeness (QED) is 0.668. The molecule has 0 aliphatic heterocycles. The van der Waals surface area contributed by atoms with Crippen LogP contribution in [0.4, 0.5) is 5.69 Å². The van der Waals surface area contributed by atoms with Gasteiger partial charge in [-0.3, -0.25) is 4.72 Å². The lowest BCUT2D eigenvalue weighted by atomic mass is 10.2. The van der Waals surface area contributed by atoms with Crippen LogP contribution in [-0.4, -0.2) is 25.8 Å². The summed E-state index contributed by atoms with van der Waals surface area (Å²) in [6, 6.07) is 17.3. The van der Waals surface area contributed by atoms with Crippen molar-refractivity contribution in [2.75, 3.05) is 11.0 Å². The molecule has 0 radical (unpaired) electrons. The number of rotatable bonds is 6. The second-order valence-corrected chi connectivity index (χ2v) is 7.29. The van der Waals surface area contributed by atoms with Crippen molar-refractivity contribution in [2.24, 2.45) is 0 Å². The van der Waals surface area contributed by atoms with Crippen molar-refractivity contribution >= 4 is 21.7 Å². The molecule has 0 atom stereocenters. The Kier molecular flexibility index (Phi) is 5.04. The number of nitrogens with zero attached hydrogens (tertiary/aromatic N) is 1. The first kappa shape index (κ1) is 17.7. The minimum atomic E-state index is -3.51. The van der Waals surface area contributed by atoms with Gasteiger partial charge in [-0.25, -0.2) is 13.2 Å². The predicted molar refractivity (Wildman–Crippen MR) is 96.0 cm³/mol. The number of para-hydroxylation sites is 1. The summed E-state index contributed by atoms with van der Waals surface area (Å²) in [5.41, 5.74) is 1.58. The smallest absolute Gasteiger partial charge is 0.340 e. The number of esters is 1. The summed E-state index contributed by atoms with van der Waals surface area (Å²) < 4.78 is 35.6. The van der Waals surface area contributed by atoms with Crippen molar-refractivity contribution in [3.63, 3.8) is 0 Å². The highest BCUT2D eigenvalue weighted by atomic mass is 32.2. The second kappa shape index (κ2) is 7.40. The van der Waals surface area contributed by atoms with Gasteiger partial charge in [0.15, 0.2) is 5.76 Å². The first-order valence-electron chi connectivity index (χ1n) is 7.67. The molecule has 0 saturated carbocycles. The number of sulfonamides is 1. The summed E-state index contributed by atoms with van der Waals surface area (Å²) in [6.45, 7) is -0.0949. The summed E-state index contributed by atoms with van der Waals surface area (Å²) in [6.07, 6.45) is 1.01. The lowest BCUT2D eigenvalue weighted by Gasteiger charge is -2.09. The summed E-state index contributed by atoms with van der Waals surface area (Å²) in [5.74, 6) is -0.100. The number of carbonyl (C=O) groups is 1. The van der Waals surface area contributed by atoms with Gasteiger partial charge >= 0.3 is 5.97 Å². The number of aromatic nitrogens is 1. The summed E-state index contributed by atoms with van der Waals surface area (Å²) >= 11 is 0. The Balaban J connectivity index is 1.69. The zero-order chi connectivity index (χ0) is 18.6. The Labute approximate surface area is 150 Å². The molecule has 0 amide bonds. The molecule has 3 rings (SSSR count). The molecule has 2 aromatic carbocycles. The van der Waals surface area contributed by atoms with Gasteiger partial charge in [0.2, 0.25) is 10.0 Å². The molecule has 134 valence electrons. The molecule has 8 heteroatoms. The van der Waals surface area contributed by atoms with E-state index in [0.29, 0.717) is 11.5 Å². The van der Waals surface area contributed by atoms with Gasteiger partial charge in [0.1, 0.15) is 12.3 Å². The molecule has 1 heterocycles. The van der Waals surface area contributed by atoms with Crippen molar-refractivity contribution in [3.05, 3.63) is 71.9 Å². The summed E-state index contributed by atoms with van der Waals surface area (Å²) in [5, 5.41) is 3.88. The lowest BCUT2D eigenvalue weighted by Crippen LogP contribution is -2.14. The molecule has 0 aliphatic rings. The molecule has 0 aliphatic carbocycles. The van der Waals surface area contributed by atoms with Crippen LogP contribution in [0.1, 0.15) is 16.1 Å². The Morgan fingerprint density at radius 1 is 1.12 bits per heavy atom. The number of hydrogen-bond donors (Lipinski definition) is 1. The number of hydrogen-bond acceptors (Lipinski definition) is 6. The molecule has 0 spiro atoms. The molecule has 0 saturated heterocycles. The first-order valence-corrected chi connectivity index (χ1v) is 9.56. The van der Waals surface area contributed by atoms with Crippen LogP contribution in [0.3, 0.4) is 0 Å². The van der Waals surface area contributed by atoms with E-state index in [2.05, 4.69) is 9.88 Å². The molecule has 1 N–H and O–H groups in total. The van der Waals surface area contributed by atoms with Gasteiger partial charge in [0.25, 0.3) is 0 Å². The van der Waals surface area contributed by atoms with Crippen LogP contribution in [0, 0.1) is 0 Å². The molecular formula is C18H16N2O5S. The number of nitrogens with one attached hydrogen (secondary N) is 1. The molecule has 0 fully saturated rings. The highest BCUT2D eigenvalue weighted by molar-refractivity contribution is 7.92. The van der Waals surface area contributed by atoms with Gasteiger partial charge in [0, 0.05) is 11.6 Å². The van der Waals surface area contributed by atoms with E-state index in [9.17, 15) is 13.2 Å². The van der Waals surface area contributed by atoms with Crippen molar-refractivity contribution in [1.82, 2.24) is 5.16 Å². The van der Waals surface area contributed by atoms with Crippen LogP contribution in [0.25, 0.3) is 11.3 Å². The minimum absolute atomic E-state index is 0.0949. The number of benzene rings is 2. The fraction of sp³-hybridized carbons (Fsp3) is 0.111. The first-order chi connectivity index (χ1) is 12.4. The Hall–Kier alpha value is -3.13. The maximum absolute atomic E-state index is 12.3. The average Bonchev–Trinajstić information content (AvgIpc) is 3.08. The topological polar surface area (TPSA) is 98.5 Å². The third-order valence-electron chi connectivity index (χ3n) is 3.41. The molecular weight excluding hydrogens is 356 g/mol. The molecule has 0 unspecified atom stereocenters. The maximum Gasteiger partial charge on any atom is 0.340 e. The van der Waals surface area contributed by atoms with Crippen molar-refractivity contribution in [3.8, 4) is 11.3 Å². The zero-order valence-electron chi connectivity index (χ0n) is 13.9. The van der Waals surface area contributed by atoms with E-state index < -0.39 is 16.0 Å². The van der Waals surface area contributed by atoms with Gasteiger partial charge in [-0.1, -0.05) is 47.6 Å². The largest absolute Gasteiger partial charge is 0.455 e. The van der Waals surface area contributed by atoms with Gasteiger partial charge in [-0.15, -0.1) is 0 Å². The van der Waals surface area contributed by atoms with E-state index >= 15 is 0 Å². The van der Waals surface area contributed by atoms with Crippen LogP contribution >= 0.6 is 0 Å². The lowest BCUT2D eigenvalue weighted by molar-refractivity contribution is 0.0465. The van der Waals surface area contributed by atoms with Crippen LogP contribution in [0.2, 0.25) is 0 Å². The van der Waals surface area contributed by atoms with Gasteiger partial charge in [-0.05, 0) is 12.1 Å². The third kappa shape index (κ3) is 4.48. The molecule has 26 heavy (non-hydrogen) atoms. The fourth-order valence-corrected chi connectivity index (χ4v) is 2.86. The molecule has 0 bridgehead atoms. The molecule has 3 aromatic rings. The van der Waals surface area contributed by atoms with Crippen LogP contribution in [0.5, 0.6) is 0 Å². The predicted octanol–water partition coefficient (Wildman–Crippen LogP) is 3.07. The number of carbonyl (C=O) groups excluding carboxylic acids is 1. The molecule has 1 aromatic heterocycles. The number of ether oxygens (including phenoxy) is 1. The van der Waals surface area contributed by atoms with E-state index in [1.807, 2.05) is 30.3 Å². The zero-order valence-corrected chi connectivity index (χ0v) is 14.7. The van der Waals surface area contributed by atoms with E-state index in [1.165, 1.54) is 12.1 Å². The standard InChI is InChI=1S/C18H16N2O5S/c1-26(22,23)20-16-10-6-5-9-15(16)18(21)24-12-14-11-17(25-19-14)13-7-3-2-4-8-13/h2-11,20H,12H2,1H3. The fourth-order valence-electron chi connectivity index (χ4n) is 2.29. The van der Waals surface area contributed by atoms with Gasteiger partial charge < -0.3 is 9.26 Å². The molecule has 7 nitrogen and oxygen atoms in total. The average molecular weight is 372 g/mol. The monoisotopic (exact) mass is 372 g/mol. The normalized spacial score (nSPS) is 11.1. The van der Waals surface area contributed by atoms with E-state index in [-0.39, 0.29) is 17.9 Å². The third-order valence-corrected chi connectivity index (χ3v) is 4.00. The highest BCUT2D eigenvalue weighted by Crippen LogP contribution is 2.21. The van der Waals surface area contributed by atoms with Crippen LogP contribution in [0.15, 0.2) is 65.2 Å². The van der Waals surface area contributed by atoms with Gasteiger partial charge in [-0.2, -0.15) is 0 Å². The Morgan fingerprint density at radius 3 is 2.54 bits per heavy atom. The Bertz CT molecular complexity index is 1010. The van der Waals surface area contributed by atoms with Crippen molar-refractivity contribution in [2.45, 2.75) is 6.61 Å². The van der Waals surface area contributed by atoms with E-state index in [4.69, 9.17) is 9.26 Å². The van der Waals surface area contributed by atoms with Crippen molar-refractivity contribution < 1.29 is 22.5 Å². The second-order valence-electron chi connectivity index (χ2n) is 5.54. The van der Waals surface area contributed by atoms with Crippen molar-refractivity contribution in [1.29, 1.82) is 0 Å². The summed E-state index contributed by atoms with van der Waals surface area (Å²) in [4.78, 5) is 12.3. The van der Waals surface area contributed by atoms with Crippen LogP contribution in [-0.2, 0) is 21.4 Å². The SMILES string of the molecule is CS(=O)(=O)Nc1ccccc1C(=O)OCc1cc(-c2ccccc2)on1. The van der Waals surface area contributed by atoms with Crippen LogP contribution < -0.4 is 4.72 Å². The maximum atomic E-state index is 12.3. The Morgan fingerprint density at radius 2 is 1.81 bits per heavy atom.